The van der Waals surface area contributed by atoms with E-state index in [0.717, 1.165) is 21.5 Å². The van der Waals surface area contributed by atoms with Crippen LogP contribution >= 0.6 is 7.92 Å². The summed E-state index contributed by atoms with van der Waals surface area (Å²) in [7, 11) is 0.00907. The van der Waals surface area contributed by atoms with Crippen molar-refractivity contribution in [3.8, 4) is 0 Å². The standard InChI is InChI=1S/C21H28P.C10H15.2ClH.Ti/c1-3-11-19(12-4-1)22(20-13-5-2-6-14-20)21-15-17-9-7-8-10-18(17)16-21;1-3-6-9(2)10-7-4-5-8-10;;;/h7-10,15-16,19-20H,1-6,11-14H2;4,7,9H,3,5-6H2,1-2H3;2*1H;/q;;;;+2/p-2. The second-order valence-electron chi connectivity index (χ2n) is 11.0. The van der Waals surface area contributed by atoms with Crippen molar-refractivity contribution in [3.05, 3.63) is 62.3 Å². The van der Waals surface area contributed by atoms with E-state index in [0.29, 0.717) is 0 Å². The zero-order valence-electron chi connectivity index (χ0n) is 21.7. The van der Waals surface area contributed by atoms with Crippen molar-refractivity contribution >= 4 is 14.0 Å². The zero-order valence-corrected chi connectivity index (χ0v) is 25.7. The van der Waals surface area contributed by atoms with Gasteiger partial charge in [-0.25, -0.2) is 0 Å². The monoisotopic (exact) mass is 564 g/mol. The van der Waals surface area contributed by atoms with E-state index in [4.69, 9.17) is 0 Å². The van der Waals surface area contributed by atoms with Crippen molar-refractivity contribution in [3.63, 3.8) is 0 Å². The van der Waals surface area contributed by atoms with Crippen LogP contribution in [-0.4, -0.2) is 11.3 Å². The summed E-state index contributed by atoms with van der Waals surface area (Å²) < 4.78 is 2.65. The maximum atomic E-state index is 2.75. The summed E-state index contributed by atoms with van der Waals surface area (Å²) >= 11 is -0.186. The minimum Gasteiger partial charge on any atom is -1.00 e. The molecule has 4 aliphatic rings. The predicted octanol–water partition coefficient (Wildman–Crippen LogP) is 3.97. The van der Waals surface area contributed by atoms with Gasteiger partial charge in [0.2, 0.25) is 0 Å². The smallest absolute Gasteiger partial charge is 1.00 e. The van der Waals surface area contributed by atoms with Gasteiger partial charge in [-0.2, -0.15) is 0 Å². The van der Waals surface area contributed by atoms with Crippen LogP contribution in [-0.2, 0) is 19.2 Å². The molecule has 0 bridgehead atoms. The predicted molar refractivity (Wildman–Crippen MR) is 143 cm³/mol. The molecule has 0 nitrogen and oxygen atoms in total. The molecule has 0 aromatic heterocycles. The van der Waals surface area contributed by atoms with Gasteiger partial charge in [-0.15, -0.1) is 0 Å². The van der Waals surface area contributed by atoms with Gasteiger partial charge in [0, 0.05) is 0 Å². The maximum Gasteiger partial charge on any atom is -1.00 e. The van der Waals surface area contributed by atoms with Crippen molar-refractivity contribution in [1.82, 2.24) is 0 Å². The summed E-state index contributed by atoms with van der Waals surface area (Å²) in [6.07, 6.45) is 26.6. The number of fused-ring (bicyclic) bond motifs is 1. The Bertz CT molecular complexity index is 890. The number of hydrogen-bond acceptors (Lipinski definition) is 0. The van der Waals surface area contributed by atoms with Crippen molar-refractivity contribution in [1.29, 1.82) is 0 Å². The summed E-state index contributed by atoms with van der Waals surface area (Å²) in [5.41, 5.74) is 7.05. The largest absolute Gasteiger partial charge is 1.00 e. The van der Waals surface area contributed by atoms with E-state index >= 15 is 0 Å². The van der Waals surface area contributed by atoms with Gasteiger partial charge in [-0.1, -0.05) is 0 Å². The van der Waals surface area contributed by atoms with E-state index in [9.17, 15) is 0 Å². The Hall–Kier alpha value is 0.164. The maximum absolute atomic E-state index is 2.75. The number of benzene rings is 1. The van der Waals surface area contributed by atoms with Crippen LogP contribution in [0, 0.1) is 5.92 Å². The third-order valence-electron chi connectivity index (χ3n) is 8.68. The van der Waals surface area contributed by atoms with Crippen LogP contribution in [0.2, 0.25) is 0 Å². The van der Waals surface area contributed by atoms with Crippen molar-refractivity contribution < 1.29 is 44.0 Å². The summed E-state index contributed by atoms with van der Waals surface area (Å²) in [5.74, 6) is 0.745. The third-order valence-corrected chi connectivity index (χ3v) is 15.4. The molecule has 4 heteroatoms. The first-order valence-corrected chi connectivity index (χ1v) is 17.2. The Morgan fingerprint density at radius 3 is 2.17 bits per heavy atom. The first-order chi connectivity index (χ1) is 16.3. The number of allylic oxidation sites excluding steroid dienone is 5. The average Bonchev–Trinajstić information content (AvgIpc) is 3.46. The Labute approximate surface area is 237 Å². The van der Waals surface area contributed by atoms with Gasteiger partial charge in [0.15, 0.2) is 0 Å². The quantitative estimate of drug-likeness (QED) is 0.331. The van der Waals surface area contributed by atoms with Gasteiger partial charge in [-0.05, 0) is 0 Å². The third kappa shape index (κ3) is 6.79. The second kappa shape index (κ2) is 14.4. The molecule has 190 valence electrons. The summed E-state index contributed by atoms with van der Waals surface area (Å²) in [4.78, 5) is 0. The molecule has 0 saturated heterocycles. The fourth-order valence-corrected chi connectivity index (χ4v) is 14.7. The molecule has 35 heavy (non-hydrogen) atoms. The molecule has 0 spiro atoms. The minimum absolute atomic E-state index is 0. The van der Waals surface area contributed by atoms with Gasteiger partial charge in [-0.3, -0.25) is 0 Å². The Balaban J connectivity index is 0.00000171. The van der Waals surface area contributed by atoms with Crippen LogP contribution in [0.15, 0.2) is 51.2 Å². The summed E-state index contributed by atoms with van der Waals surface area (Å²) in [5, 5.41) is 1.96. The Kier molecular flexibility index (Phi) is 12.2. The van der Waals surface area contributed by atoms with Crippen LogP contribution in [0.4, 0.5) is 0 Å². The van der Waals surface area contributed by atoms with Gasteiger partial charge in [0.05, 0.1) is 0 Å². The van der Waals surface area contributed by atoms with Crippen LogP contribution in [0.25, 0.3) is 6.08 Å². The molecule has 0 N–H and O–H groups in total. The van der Waals surface area contributed by atoms with Crippen LogP contribution in [0.1, 0.15) is 113 Å². The minimum atomic E-state index is -0.186. The van der Waals surface area contributed by atoms with Crippen molar-refractivity contribution in [2.45, 2.75) is 113 Å². The molecule has 1 aromatic carbocycles. The molecule has 0 radical (unpaired) electrons. The van der Waals surface area contributed by atoms with Gasteiger partial charge >= 0.3 is 214 Å². The number of hydrogen-bond donors (Lipinski definition) is 0. The molecule has 4 aliphatic carbocycles. The van der Waals surface area contributed by atoms with Crippen LogP contribution in [0.5, 0.6) is 0 Å². The van der Waals surface area contributed by atoms with Crippen molar-refractivity contribution in [2.75, 3.05) is 0 Å². The first-order valence-electron chi connectivity index (χ1n) is 14.0. The van der Waals surface area contributed by atoms with Gasteiger partial charge < -0.3 is 24.8 Å². The Morgan fingerprint density at radius 2 is 1.54 bits per heavy atom. The first kappa shape index (κ1) is 29.7. The molecule has 5 rings (SSSR count). The zero-order chi connectivity index (χ0) is 22.6. The van der Waals surface area contributed by atoms with Crippen LogP contribution in [0.3, 0.4) is 0 Å². The molecular formula is C31H43Cl2PTi. The molecule has 2 unspecified atom stereocenters. The second-order valence-corrected chi connectivity index (χ2v) is 16.1. The fourth-order valence-electron chi connectivity index (χ4n) is 7.01. The summed E-state index contributed by atoms with van der Waals surface area (Å²) in [6.45, 7) is 4.83. The van der Waals surface area contributed by atoms with Gasteiger partial charge in [0.25, 0.3) is 0 Å². The fraction of sp³-hybridized carbons (Fsp3) is 0.613. The van der Waals surface area contributed by atoms with E-state index in [1.807, 2.05) is 9.19 Å². The van der Waals surface area contributed by atoms with E-state index in [1.165, 1.54) is 83.5 Å². The molecule has 2 saturated carbocycles. The van der Waals surface area contributed by atoms with E-state index in [1.54, 1.807) is 16.7 Å². The van der Waals surface area contributed by atoms with E-state index in [2.05, 4.69) is 56.3 Å². The van der Waals surface area contributed by atoms with E-state index in [-0.39, 0.29) is 51.9 Å². The van der Waals surface area contributed by atoms with Crippen LogP contribution < -0.4 is 24.8 Å². The topological polar surface area (TPSA) is 0 Å². The number of halogens is 2. The Morgan fingerprint density at radius 1 is 0.914 bits per heavy atom. The number of rotatable bonds is 8. The molecule has 0 amide bonds. The average molecular weight is 565 g/mol. The molecular weight excluding hydrogens is 522 g/mol. The van der Waals surface area contributed by atoms with Crippen molar-refractivity contribution in [2.24, 2.45) is 5.92 Å². The van der Waals surface area contributed by atoms with E-state index < -0.39 is 0 Å². The molecule has 0 aliphatic heterocycles. The molecule has 1 aromatic rings. The molecule has 2 fully saturated rings. The SMILES string of the molecule is CCCC(C)C1=[C]([Ti+2][CH]2C(P(C3CCCCC3)C3CCCCC3)=Cc3ccccc32)CC=C1.[Cl-].[Cl-]. The summed E-state index contributed by atoms with van der Waals surface area (Å²) in [6, 6.07) is 9.53. The molecule has 0 heterocycles. The molecule has 2 atom stereocenters. The van der Waals surface area contributed by atoms with Gasteiger partial charge in [0.1, 0.15) is 0 Å². The normalized spacial score (nSPS) is 23.4.